The average molecular weight is 444 g/mol. The lowest BCUT2D eigenvalue weighted by molar-refractivity contribution is 0.637. The number of aryl methyl sites for hydroxylation is 1. The highest BCUT2D eigenvalue weighted by Gasteiger charge is 2.30. The molecule has 3 heterocycles. The lowest BCUT2D eigenvalue weighted by Gasteiger charge is -2.19. The van der Waals surface area contributed by atoms with E-state index in [0.29, 0.717) is 17.1 Å². The molecule has 0 atom stereocenters. The molecule has 9 heteroatoms. The number of fused-ring (bicyclic) bond motifs is 1. The number of hydrogen-bond acceptors (Lipinski definition) is 6. The Bertz CT molecular complexity index is 1530. The van der Waals surface area contributed by atoms with E-state index >= 15 is 0 Å². The third-order valence-electron chi connectivity index (χ3n) is 5.86. The molecule has 168 valence electrons. The predicted molar refractivity (Wildman–Crippen MR) is 129 cm³/mol. The zero-order chi connectivity index (χ0) is 23.3. The Kier molecular flexibility index (Phi) is 4.88. The van der Waals surface area contributed by atoms with E-state index in [0.717, 1.165) is 18.7 Å². The first-order valence-electron chi connectivity index (χ1n) is 10.7. The third-order valence-corrected chi connectivity index (χ3v) is 5.86. The summed E-state index contributed by atoms with van der Waals surface area (Å²) in [5, 5.41) is 3.47. The van der Waals surface area contributed by atoms with Gasteiger partial charge in [0.15, 0.2) is 0 Å². The molecular weight excluding hydrogens is 420 g/mol. The fourth-order valence-corrected chi connectivity index (χ4v) is 4.01. The van der Waals surface area contributed by atoms with Gasteiger partial charge in [-0.3, -0.25) is 18.7 Å². The number of nitrogens with zero attached hydrogens (tertiary/aromatic N) is 5. The Balaban J connectivity index is 1.82. The number of pyridine rings is 2. The minimum atomic E-state index is -0.439. The Morgan fingerprint density at radius 1 is 1.03 bits per heavy atom. The highest BCUT2D eigenvalue weighted by molar-refractivity contribution is 5.91. The maximum Gasteiger partial charge on any atom is 0.337 e. The number of rotatable bonds is 5. The monoisotopic (exact) mass is 444 g/mol. The summed E-state index contributed by atoms with van der Waals surface area (Å²) in [5.74, 6) is 0.781. The lowest BCUT2D eigenvalue weighted by atomic mass is 10.2. The van der Waals surface area contributed by atoms with Crippen molar-refractivity contribution in [2.75, 3.05) is 24.3 Å². The van der Waals surface area contributed by atoms with Gasteiger partial charge >= 0.3 is 5.69 Å². The summed E-state index contributed by atoms with van der Waals surface area (Å²) in [6.07, 6.45) is 3.20. The van der Waals surface area contributed by atoms with E-state index in [1.165, 1.54) is 19.8 Å². The molecule has 0 aliphatic heterocycles. The van der Waals surface area contributed by atoms with Crippen molar-refractivity contribution in [2.45, 2.75) is 18.9 Å². The van der Waals surface area contributed by atoms with Crippen molar-refractivity contribution < 1.29 is 0 Å². The van der Waals surface area contributed by atoms with Crippen LogP contribution in [-0.4, -0.2) is 32.8 Å². The molecule has 1 N–H and O–H groups in total. The molecule has 3 aromatic heterocycles. The van der Waals surface area contributed by atoms with E-state index < -0.39 is 11.2 Å². The maximum absolute atomic E-state index is 13.6. The van der Waals surface area contributed by atoms with Crippen molar-refractivity contribution in [1.29, 1.82) is 0 Å². The van der Waals surface area contributed by atoms with Gasteiger partial charge in [0.05, 0.1) is 23.3 Å². The molecular formula is C24H24N6O3. The van der Waals surface area contributed by atoms with E-state index in [9.17, 15) is 14.4 Å². The second kappa shape index (κ2) is 7.77. The standard InChI is InChI=1S/C24H24N6O3/c1-27(2)19-12-9-15(14-25-19)26-18-13-20(31)28(3)22-21(18)23(32)30(17-10-11-17)24(33)29(22)16-7-5-4-6-8-16/h4-9,12-14,17,26H,10-11H2,1-3H3. The second-order valence-electron chi connectivity index (χ2n) is 8.44. The summed E-state index contributed by atoms with van der Waals surface area (Å²) in [5.41, 5.74) is 0.634. The van der Waals surface area contributed by atoms with Gasteiger partial charge in [0.1, 0.15) is 16.9 Å². The van der Waals surface area contributed by atoms with Crippen molar-refractivity contribution in [3.05, 3.63) is 85.9 Å². The van der Waals surface area contributed by atoms with Gasteiger partial charge in [0.2, 0.25) is 0 Å². The normalized spacial score (nSPS) is 13.3. The highest BCUT2D eigenvalue weighted by atomic mass is 16.2. The quantitative estimate of drug-likeness (QED) is 0.508. The van der Waals surface area contributed by atoms with Crippen molar-refractivity contribution >= 4 is 28.2 Å². The molecule has 1 aliphatic carbocycles. The van der Waals surface area contributed by atoms with E-state index in [1.54, 1.807) is 25.4 Å². The van der Waals surface area contributed by atoms with Crippen molar-refractivity contribution in [3.8, 4) is 5.69 Å². The summed E-state index contributed by atoms with van der Waals surface area (Å²) in [4.78, 5) is 46.3. The fourth-order valence-electron chi connectivity index (χ4n) is 4.01. The second-order valence-corrected chi connectivity index (χ2v) is 8.44. The molecule has 5 rings (SSSR count). The van der Waals surface area contributed by atoms with E-state index in [2.05, 4.69) is 10.3 Å². The van der Waals surface area contributed by atoms with Crippen molar-refractivity contribution in [1.82, 2.24) is 18.7 Å². The van der Waals surface area contributed by atoms with Gasteiger partial charge in [-0.15, -0.1) is 0 Å². The van der Waals surface area contributed by atoms with E-state index in [1.807, 2.05) is 49.3 Å². The van der Waals surface area contributed by atoms with Crippen LogP contribution in [0.5, 0.6) is 0 Å². The summed E-state index contributed by atoms with van der Waals surface area (Å²) < 4.78 is 4.12. The molecule has 0 saturated heterocycles. The molecule has 1 aromatic carbocycles. The Hall–Kier alpha value is -4.14. The first-order valence-corrected chi connectivity index (χ1v) is 10.7. The zero-order valence-electron chi connectivity index (χ0n) is 18.6. The molecule has 9 nitrogen and oxygen atoms in total. The molecule has 0 unspecified atom stereocenters. The van der Waals surface area contributed by atoms with Gasteiger partial charge in [-0.1, -0.05) is 18.2 Å². The first-order chi connectivity index (χ1) is 15.9. The molecule has 1 aliphatic rings. The topological polar surface area (TPSA) is 94.2 Å². The van der Waals surface area contributed by atoms with Crippen LogP contribution in [0.2, 0.25) is 0 Å². The first kappa shape index (κ1) is 20.7. The summed E-state index contributed by atoms with van der Waals surface area (Å²) in [6.45, 7) is 0. The molecule has 0 amide bonds. The third kappa shape index (κ3) is 3.51. The summed E-state index contributed by atoms with van der Waals surface area (Å²) in [7, 11) is 5.36. The van der Waals surface area contributed by atoms with Gasteiger partial charge in [0.25, 0.3) is 11.1 Å². The number of hydrogen-bond donors (Lipinski definition) is 1. The van der Waals surface area contributed by atoms with Gasteiger partial charge < -0.3 is 10.2 Å². The van der Waals surface area contributed by atoms with Gasteiger partial charge in [-0.05, 0) is 37.1 Å². The van der Waals surface area contributed by atoms with Crippen LogP contribution in [0.3, 0.4) is 0 Å². The molecule has 0 radical (unpaired) electrons. The Morgan fingerprint density at radius 2 is 1.76 bits per heavy atom. The average Bonchev–Trinajstić information content (AvgIpc) is 3.63. The van der Waals surface area contributed by atoms with Crippen LogP contribution in [0.4, 0.5) is 17.2 Å². The minimum Gasteiger partial charge on any atom is -0.363 e. The molecule has 1 saturated carbocycles. The minimum absolute atomic E-state index is 0.129. The molecule has 33 heavy (non-hydrogen) atoms. The molecule has 0 bridgehead atoms. The van der Waals surface area contributed by atoms with Crippen LogP contribution < -0.4 is 27.0 Å². The SMILES string of the molecule is CN(C)c1ccc(Nc2cc(=O)n(C)c3c2c(=O)n(C2CC2)c(=O)n3-c2ccccc2)cn1. The van der Waals surface area contributed by atoms with Crippen molar-refractivity contribution in [2.24, 2.45) is 7.05 Å². The lowest BCUT2D eigenvalue weighted by Crippen LogP contribution is -2.41. The van der Waals surface area contributed by atoms with E-state index in [-0.39, 0.29) is 22.6 Å². The Labute approximate surface area is 189 Å². The van der Waals surface area contributed by atoms with Crippen LogP contribution in [0.15, 0.2) is 69.1 Å². The van der Waals surface area contributed by atoms with Gasteiger partial charge in [-0.2, -0.15) is 0 Å². The fraction of sp³-hybridized carbons (Fsp3) is 0.250. The molecule has 1 fully saturated rings. The van der Waals surface area contributed by atoms with Crippen LogP contribution in [0, 0.1) is 0 Å². The number of para-hydroxylation sites is 1. The summed E-state index contributed by atoms with van der Waals surface area (Å²) in [6, 6.07) is 14.0. The van der Waals surface area contributed by atoms with E-state index in [4.69, 9.17) is 0 Å². The molecule has 4 aromatic rings. The van der Waals surface area contributed by atoms with Crippen LogP contribution in [0.25, 0.3) is 16.7 Å². The Morgan fingerprint density at radius 3 is 2.36 bits per heavy atom. The number of aromatic nitrogens is 4. The highest BCUT2D eigenvalue weighted by Crippen LogP contribution is 2.33. The number of anilines is 3. The summed E-state index contributed by atoms with van der Waals surface area (Å²) >= 11 is 0. The van der Waals surface area contributed by atoms with Gasteiger partial charge in [-0.25, -0.2) is 14.3 Å². The van der Waals surface area contributed by atoms with Crippen LogP contribution >= 0.6 is 0 Å². The largest absolute Gasteiger partial charge is 0.363 e. The maximum atomic E-state index is 13.6. The number of benzene rings is 1. The zero-order valence-corrected chi connectivity index (χ0v) is 18.6. The van der Waals surface area contributed by atoms with Gasteiger partial charge in [0, 0.05) is 33.3 Å². The van der Waals surface area contributed by atoms with Crippen molar-refractivity contribution in [3.63, 3.8) is 0 Å². The molecule has 0 spiro atoms. The smallest absolute Gasteiger partial charge is 0.337 e. The predicted octanol–water partition coefficient (Wildman–Crippen LogP) is 2.39. The number of nitrogens with one attached hydrogen (secondary N) is 1. The van der Waals surface area contributed by atoms with Crippen LogP contribution in [-0.2, 0) is 7.05 Å². The van der Waals surface area contributed by atoms with Crippen LogP contribution in [0.1, 0.15) is 18.9 Å².